The first kappa shape index (κ1) is 15.0. The topological polar surface area (TPSA) is 55.1 Å². The Balaban J connectivity index is 1.83. The Morgan fingerprint density at radius 3 is 2.45 bits per heavy atom. The second-order valence-electron chi connectivity index (χ2n) is 5.84. The maximum Gasteiger partial charge on any atom is 0.220 e. The monoisotopic (exact) mass is 278 g/mol. The largest absolute Gasteiger partial charge is 0.352 e. The van der Waals surface area contributed by atoms with E-state index in [0.717, 1.165) is 18.4 Å². The number of nitrogens with two attached hydrogens (primary N) is 1. The smallest absolute Gasteiger partial charge is 0.220 e. The molecule has 0 bridgehead atoms. The SMILES string of the molecule is NCC1(CC(=O)NCc2ccc(F)cc2)CCCCC1. The van der Waals surface area contributed by atoms with Gasteiger partial charge in [-0.25, -0.2) is 4.39 Å². The highest BCUT2D eigenvalue weighted by atomic mass is 19.1. The van der Waals surface area contributed by atoms with Gasteiger partial charge in [0.25, 0.3) is 0 Å². The number of amides is 1. The van der Waals surface area contributed by atoms with Crippen LogP contribution in [0.25, 0.3) is 0 Å². The number of hydrogen-bond acceptors (Lipinski definition) is 2. The van der Waals surface area contributed by atoms with E-state index in [1.54, 1.807) is 12.1 Å². The molecule has 1 saturated carbocycles. The van der Waals surface area contributed by atoms with Gasteiger partial charge in [0.1, 0.15) is 5.82 Å². The summed E-state index contributed by atoms with van der Waals surface area (Å²) in [6.07, 6.45) is 6.19. The van der Waals surface area contributed by atoms with E-state index in [9.17, 15) is 9.18 Å². The van der Waals surface area contributed by atoms with E-state index in [4.69, 9.17) is 5.73 Å². The molecule has 110 valence electrons. The Bertz CT molecular complexity index is 438. The summed E-state index contributed by atoms with van der Waals surface area (Å²) in [6, 6.07) is 6.19. The molecule has 0 heterocycles. The number of carbonyl (C=O) groups excluding carboxylic acids is 1. The Hall–Kier alpha value is -1.42. The highest BCUT2D eigenvalue weighted by Crippen LogP contribution is 2.38. The van der Waals surface area contributed by atoms with Crippen LogP contribution in [0.15, 0.2) is 24.3 Å². The lowest BCUT2D eigenvalue weighted by Gasteiger charge is -2.35. The molecule has 3 nitrogen and oxygen atoms in total. The maximum absolute atomic E-state index is 12.8. The Morgan fingerprint density at radius 1 is 1.20 bits per heavy atom. The van der Waals surface area contributed by atoms with Crippen molar-refractivity contribution >= 4 is 5.91 Å². The number of hydrogen-bond donors (Lipinski definition) is 2. The summed E-state index contributed by atoms with van der Waals surface area (Å²) in [6.45, 7) is 1.02. The molecule has 1 aliphatic carbocycles. The number of halogens is 1. The standard InChI is InChI=1S/C16H23FN2O/c17-14-6-4-13(5-7-14)11-19-15(20)10-16(12-18)8-2-1-3-9-16/h4-7H,1-3,8-12,18H2,(H,19,20). The zero-order chi connectivity index (χ0) is 14.4. The molecule has 3 N–H and O–H groups in total. The Kier molecular flexibility index (Phi) is 5.12. The zero-order valence-electron chi connectivity index (χ0n) is 11.8. The first-order chi connectivity index (χ1) is 9.63. The van der Waals surface area contributed by atoms with Gasteiger partial charge >= 0.3 is 0 Å². The molecule has 1 aromatic carbocycles. The van der Waals surface area contributed by atoms with Gasteiger partial charge in [0.05, 0.1) is 0 Å². The third-order valence-corrected chi connectivity index (χ3v) is 4.29. The average molecular weight is 278 g/mol. The third kappa shape index (κ3) is 4.04. The van der Waals surface area contributed by atoms with Crippen molar-refractivity contribution in [1.29, 1.82) is 0 Å². The van der Waals surface area contributed by atoms with Crippen LogP contribution in [0.3, 0.4) is 0 Å². The highest BCUT2D eigenvalue weighted by Gasteiger charge is 2.32. The van der Waals surface area contributed by atoms with Crippen molar-refractivity contribution in [2.45, 2.75) is 45.1 Å². The van der Waals surface area contributed by atoms with Crippen LogP contribution < -0.4 is 11.1 Å². The highest BCUT2D eigenvalue weighted by molar-refractivity contribution is 5.76. The minimum absolute atomic E-state index is 0.00880. The van der Waals surface area contributed by atoms with Crippen molar-refractivity contribution in [1.82, 2.24) is 5.32 Å². The average Bonchev–Trinajstić information content (AvgIpc) is 2.47. The van der Waals surface area contributed by atoms with Crippen molar-refractivity contribution < 1.29 is 9.18 Å². The van der Waals surface area contributed by atoms with E-state index in [0.29, 0.717) is 19.5 Å². The molecule has 0 radical (unpaired) electrons. The molecule has 1 amide bonds. The van der Waals surface area contributed by atoms with E-state index < -0.39 is 0 Å². The third-order valence-electron chi connectivity index (χ3n) is 4.29. The summed E-state index contributed by atoms with van der Waals surface area (Å²) >= 11 is 0. The lowest BCUT2D eigenvalue weighted by Crippen LogP contribution is -2.38. The van der Waals surface area contributed by atoms with Crippen LogP contribution in [0.5, 0.6) is 0 Å². The first-order valence-electron chi connectivity index (χ1n) is 7.35. The summed E-state index contributed by atoms with van der Waals surface area (Å²) in [5.74, 6) is -0.217. The summed E-state index contributed by atoms with van der Waals surface area (Å²) in [5, 5.41) is 2.91. The van der Waals surface area contributed by atoms with Gasteiger partial charge in [-0.2, -0.15) is 0 Å². The number of benzene rings is 1. The Morgan fingerprint density at radius 2 is 1.85 bits per heavy atom. The molecular formula is C16H23FN2O. The van der Waals surface area contributed by atoms with Crippen molar-refractivity contribution in [3.8, 4) is 0 Å². The van der Waals surface area contributed by atoms with Crippen LogP contribution in [-0.4, -0.2) is 12.5 Å². The number of carbonyl (C=O) groups is 1. The van der Waals surface area contributed by atoms with Gasteiger partial charge in [0, 0.05) is 13.0 Å². The van der Waals surface area contributed by atoms with Gasteiger partial charge in [-0.05, 0) is 42.5 Å². The van der Waals surface area contributed by atoms with E-state index in [-0.39, 0.29) is 17.1 Å². The van der Waals surface area contributed by atoms with Gasteiger partial charge in [-0.1, -0.05) is 31.4 Å². The second kappa shape index (κ2) is 6.84. The fourth-order valence-electron chi connectivity index (χ4n) is 2.96. The lowest BCUT2D eigenvalue weighted by molar-refractivity contribution is -0.124. The van der Waals surface area contributed by atoms with Crippen molar-refractivity contribution in [2.24, 2.45) is 11.1 Å². The number of nitrogens with one attached hydrogen (secondary N) is 1. The minimum atomic E-state index is -0.260. The van der Waals surface area contributed by atoms with Gasteiger partial charge in [-0.3, -0.25) is 4.79 Å². The number of rotatable bonds is 5. The molecule has 0 saturated heterocycles. The summed E-state index contributed by atoms with van der Waals surface area (Å²) in [7, 11) is 0. The molecule has 1 aliphatic rings. The van der Waals surface area contributed by atoms with Crippen LogP contribution in [0, 0.1) is 11.2 Å². The summed E-state index contributed by atoms with van der Waals surface area (Å²) in [5.41, 5.74) is 6.79. The van der Waals surface area contributed by atoms with Gasteiger partial charge in [0.15, 0.2) is 0 Å². The van der Waals surface area contributed by atoms with Crippen LogP contribution in [-0.2, 0) is 11.3 Å². The van der Waals surface area contributed by atoms with Crippen LogP contribution >= 0.6 is 0 Å². The van der Waals surface area contributed by atoms with Gasteiger partial charge < -0.3 is 11.1 Å². The zero-order valence-corrected chi connectivity index (χ0v) is 11.8. The molecule has 0 atom stereocenters. The predicted molar refractivity (Wildman–Crippen MR) is 77.4 cm³/mol. The first-order valence-corrected chi connectivity index (χ1v) is 7.35. The fourth-order valence-corrected chi connectivity index (χ4v) is 2.96. The summed E-state index contributed by atoms with van der Waals surface area (Å²) < 4.78 is 12.8. The van der Waals surface area contributed by atoms with Crippen LogP contribution in [0.2, 0.25) is 0 Å². The van der Waals surface area contributed by atoms with Crippen molar-refractivity contribution in [2.75, 3.05) is 6.54 Å². The Labute approximate surface area is 119 Å². The molecule has 0 spiro atoms. The molecule has 20 heavy (non-hydrogen) atoms. The van der Waals surface area contributed by atoms with Gasteiger partial charge in [-0.15, -0.1) is 0 Å². The molecule has 4 heteroatoms. The predicted octanol–water partition coefficient (Wildman–Crippen LogP) is 2.74. The van der Waals surface area contributed by atoms with Crippen LogP contribution in [0.1, 0.15) is 44.1 Å². The minimum Gasteiger partial charge on any atom is -0.352 e. The molecule has 0 aromatic heterocycles. The van der Waals surface area contributed by atoms with Crippen LogP contribution in [0.4, 0.5) is 4.39 Å². The second-order valence-corrected chi connectivity index (χ2v) is 5.84. The molecule has 2 rings (SSSR count). The quantitative estimate of drug-likeness (QED) is 0.870. The van der Waals surface area contributed by atoms with Gasteiger partial charge in [0.2, 0.25) is 5.91 Å². The maximum atomic E-state index is 12.8. The summed E-state index contributed by atoms with van der Waals surface area (Å²) in [4.78, 5) is 12.1. The van der Waals surface area contributed by atoms with Crippen molar-refractivity contribution in [3.05, 3.63) is 35.6 Å². The normalized spacial score (nSPS) is 17.7. The lowest BCUT2D eigenvalue weighted by atomic mass is 9.71. The van der Waals surface area contributed by atoms with Crippen molar-refractivity contribution in [3.63, 3.8) is 0 Å². The molecule has 1 fully saturated rings. The molecular weight excluding hydrogens is 255 g/mol. The van der Waals surface area contributed by atoms with E-state index in [2.05, 4.69) is 5.32 Å². The molecule has 1 aromatic rings. The van der Waals surface area contributed by atoms with E-state index in [1.807, 2.05) is 0 Å². The fraction of sp³-hybridized carbons (Fsp3) is 0.562. The van der Waals surface area contributed by atoms with E-state index >= 15 is 0 Å². The molecule has 0 aliphatic heterocycles. The molecule has 0 unspecified atom stereocenters. The van der Waals surface area contributed by atoms with E-state index in [1.165, 1.54) is 31.4 Å².